The van der Waals surface area contributed by atoms with Crippen LogP contribution in [0.15, 0.2) is 24.3 Å². The van der Waals surface area contributed by atoms with Gasteiger partial charge in [0.1, 0.15) is 5.69 Å². The first-order valence-electron chi connectivity index (χ1n) is 9.81. The third kappa shape index (κ3) is 4.06. The monoisotopic (exact) mass is 399 g/mol. The fourth-order valence-electron chi connectivity index (χ4n) is 3.72. The van der Waals surface area contributed by atoms with Crippen LogP contribution in [0.5, 0.6) is 11.5 Å². The number of fused-ring (bicyclic) bond motifs is 1. The molecule has 1 aliphatic heterocycles. The molecule has 2 heterocycles. The molecule has 0 saturated heterocycles. The Kier molecular flexibility index (Phi) is 5.17. The zero-order valence-corrected chi connectivity index (χ0v) is 16.9. The lowest BCUT2D eigenvalue weighted by atomic mass is 10.1. The zero-order valence-electron chi connectivity index (χ0n) is 16.9. The molecule has 2 aromatic rings. The Bertz CT molecular complexity index is 938. The van der Waals surface area contributed by atoms with Gasteiger partial charge in [0.2, 0.25) is 6.79 Å². The summed E-state index contributed by atoms with van der Waals surface area (Å²) in [6.45, 7) is 5.13. The number of carbonyl (C=O) groups excluding carboxylic acids is 2. The van der Waals surface area contributed by atoms with Gasteiger partial charge in [0.25, 0.3) is 5.91 Å². The van der Waals surface area contributed by atoms with Crippen molar-refractivity contribution in [2.45, 2.75) is 26.8 Å². The molecule has 4 rings (SSSR count). The van der Waals surface area contributed by atoms with E-state index in [1.54, 1.807) is 29.6 Å². The third-order valence-electron chi connectivity index (χ3n) is 5.29. The molecular formula is C21H25N3O5. The minimum Gasteiger partial charge on any atom is -0.466 e. The van der Waals surface area contributed by atoms with Gasteiger partial charge in [-0.05, 0) is 49.9 Å². The smallest absolute Gasteiger partial charge is 0.309 e. The predicted octanol–water partition coefficient (Wildman–Crippen LogP) is 2.30. The van der Waals surface area contributed by atoms with Crippen LogP contribution in [0.25, 0.3) is 0 Å². The summed E-state index contributed by atoms with van der Waals surface area (Å²) in [6.07, 6.45) is 0.744. The molecule has 8 heteroatoms. The topological polar surface area (TPSA) is 82.9 Å². The second-order valence-electron chi connectivity index (χ2n) is 7.52. The van der Waals surface area contributed by atoms with Crippen molar-refractivity contribution >= 4 is 11.9 Å². The molecule has 8 nitrogen and oxygen atoms in total. The first-order valence-corrected chi connectivity index (χ1v) is 9.81. The number of aryl methyl sites for hydroxylation is 2. The molecule has 1 aliphatic carbocycles. The molecule has 1 fully saturated rings. The van der Waals surface area contributed by atoms with E-state index in [2.05, 4.69) is 5.10 Å². The molecule has 0 bridgehead atoms. The molecule has 29 heavy (non-hydrogen) atoms. The van der Waals surface area contributed by atoms with Crippen LogP contribution in [0.3, 0.4) is 0 Å². The number of amides is 1. The quantitative estimate of drug-likeness (QED) is 0.665. The van der Waals surface area contributed by atoms with E-state index in [9.17, 15) is 9.59 Å². The van der Waals surface area contributed by atoms with Crippen molar-refractivity contribution in [2.24, 2.45) is 18.9 Å². The van der Waals surface area contributed by atoms with E-state index in [1.807, 2.05) is 25.1 Å². The first-order chi connectivity index (χ1) is 14.0. The molecule has 154 valence electrons. The van der Waals surface area contributed by atoms with Gasteiger partial charge in [-0.2, -0.15) is 5.10 Å². The van der Waals surface area contributed by atoms with Crippen molar-refractivity contribution in [1.82, 2.24) is 14.7 Å². The Hall–Kier alpha value is -3.03. The van der Waals surface area contributed by atoms with Gasteiger partial charge in [-0.15, -0.1) is 0 Å². The van der Waals surface area contributed by atoms with Crippen molar-refractivity contribution in [3.8, 4) is 11.5 Å². The Morgan fingerprint density at radius 2 is 2.07 bits per heavy atom. The summed E-state index contributed by atoms with van der Waals surface area (Å²) in [5, 5.41) is 4.29. The van der Waals surface area contributed by atoms with Crippen LogP contribution >= 0.6 is 0 Å². The molecule has 0 N–H and O–H groups in total. The number of hydrogen-bond acceptors (Lipinski definition) is 6. The van der Waals surface area contributed by atoms with E-state index in [1.165, 1.54) is 0 Å². The summed E-state index contributed by atoms with van der Waals surface area (Å²) in [6, 6.07) is 7.46. The molecule has 0 unspecified atom stereocenters. The van der Waals surface area contributed by atoms with Gasteiger partial charge < -0.3 is 19.1 Å². The fraction of sp³-hybridized carbons (Fsp3) is 0.476. The fourth-order valence-corrected chi connectivity index (χ4v) is 3.72. The number of carbonyl (C=O) groups is 2. The number of esters is 1. The van der Waals surface area contributed by atoms with Crippen LogP contribution in [0.1, 0.15) is 35.1 Å². The normalized spacial score (nSPS) is 19.1. The second kappa shape index (κ2) is 7.77. The minimum absolute atomic E-state index is 0.111. The third-order valence-corrected chi connectivity index (χ3v) is 5.29. The predicted molar refractivity (Wildman–Crippen MR) is 103 cm³/mol. The van der Waals surface area contributed by atoms with Crippen LogP contribution in [0, 0.1) is 18.8 Å². The molecule has 1 aromatic heterocycles. The lowest BCUT2D eigenvalue weighted by Crippen LogP contribution is -2.34. The highest BCUT2D eigenvalue weighted by molar-refractivity contribution is 5.92. The Labute approximate surface area is 169 Å². The average molecular weight is 399 g/mol. The lowest BCUT2D eigenvalue weighted by Gasteiger charge is -2.23. The summed E-state index contributed by atoms with van der Waals surface area (Å²) >= 11 is 0. The van der Waals surface area contributed by atoms with Gasteiger partial charge in [-0.1, -0.05) is 6.07 Å². The van der Waals surface area contributed by atoms with Crippen LogP contribution < -0.4 is 9.47 Å². The van der Waals surface area contributed by atoms with E-state index < -0.39 is 0 Å². The molecule has 2 atom stereocenters. The van der Waals surface area contributed by atoms with Crippen LogP contribution in [-0.2, 0) is 23.1 Å². The number of aromatic nitrogens is 2. The van der Waals surface area contributed by atoms with Crippen LogP contribution in [0.2, 0.25) is 0 Å². The van der Waals surface area contributed by atoms with Gasteiger partial charge in [-0.25, -0.2) is 0 Å². The first kappa shape index (κ1) is 19.3. The Morgan fingerprint density at radius 3 is 2.79 bits per heavy atom. The standard InChI is InChI=1S/C21H25N3O5/c1-4-27-21(26)16-9-15(16)11-24(20(25)17-7-13(2)22-23(17)3)10-14-5-6-18-19(8-14)29-12-28-18/h5-8,15-16H,4,9-12H2,1-3H3/t15-,16-/m1/s1. The SMILES string of the molecule is CCOC(=O)[C@@H]1C[C@@H]1CN(Cc1ccc2c(c1)OCO2)C(=O)c1cc(C)nn1C. The van der Waals surface area contributed by atoms with Gasteiger partial charge >= 0.3 is 5.97 Å². The van der Waals surface area contributed by atoms with Crippen molar-refractivity contribution in [3.05, 3.63) is 41.2 Å². The van der Waals surface area contributed by atoms with E-state index in [-0.39, 0.29) is 30.5 Å². The summed E-state index contributed by atoms with van der Waals surface area (Å²) < 4.78 is 17.5. The van der Waals surface area contributed by atoms with Crippen LogP contribution in [0.4, 0.5) is 0 Å². The maximum Gasteiger partial charge on any atom is 0.309 e. The molecule has 0 radical (unpaired) electrons. The summed E-state index contributed by atoms with van der Waals surface area (Å²) in [5.41, 5.74) is 2.25. The van der Waals surface area contributed by atoms with Crippen molar-refractivity contribution in [2.75, 3.05) is 19.9 Å². The van der Waals surface area contributed by atoms with Gasteiger partial charge in [0.05, 0.1) is 18.2 Å². The van der Waals surface area contributed by atoms with E-state index in [0.29, 0.717) is 36.9 Å². The molecule has 1 amide bonds. The number of benzene rings is 1. The van der Waals surface area contributed by atoms with Gasteiger partial charge in [-0.3, -0.25) is 14.3 Å². The largest absolute Gasteiger partial charge is 0.466 e. The Balaban J connectivity index is 1.53. The Morgan fingerprint density at radius 1 is 1.28 bits per heavy atom. The number of hydrogen-bond donors (Lipinski definition) is 0. The molecule has 1 aromatic carbocycles. The molecular weight excluding hydrogens is 374 g/mol. The van der Waals surface area contributed by atoms with E-state index >= 15 is 0 Å². The highest BCUT2D eigenvalue weighted by Crippen LogP contribution is 2.41. The highest BCUT2D eigenvalue weighted by Gasteiger charge is 2.45. The van der Waals surface area contributed by atoms with E-state index in [4.69, 9.17) is 14.2 Å². The summed E-state index contributed by atoms with van der Waals surface area (Å²) in [5.74, 6) is 1.08. The number of ether oxygens (including phenoxy) is 3. The maximum absolute atomic E-state index is 13.3. The molecule has 2 aliphatic rings. The zero-order chi connectivity index (χ0) is 20.5. The average Bonchev–Trinajstić information content (AvgIpc) is 3.15. The lowest BCUT2D eigenvalue weighted by molar-refractivity contribution is -0.145. The molecule has 0 spiro atoms. The van der Waals surface area contributed by atoms with Crippen molar-refractivity contribution in [1.29, 1.82) is 0 Å². The minimum atomic E-state index is -0.177. The summed E-state index contributed by atoms with van der Waals surface area (Å²) in [4.78, 5) is 27.1. The van der Waals surface area contributed by atoms with E-state index in [0.717, 1.165) is 17.7 Å². The highest BCUT2D eigenvalue weighted by atomic mass is 16.7. The second-order valence-corrected chi connectivity index (χ2v) is 7.52. The molecule has 1 saturated carbocycles. The van der Waals surface area contributed by atoms with Crippen molar-refractivity contribution < 1.29 is 23.8 Å². The van der Waals surface area contributed by atoms with Crippen LogP contribution in [-0.4, -0.2) is 46.5 Å². The van der Waals surface area contributed by atoms with Crippen molar-refractivity contribution in [3.63, 3.8) is 0 Å². The number of nitrogens with zero attached hydrogens (tertiary/aromatic N) is 3. The van der Waals surface area contributed by atoms with Gasteiger partial charge in [0.15, 0.2) is 11.5 Å². The number of rotatable bonds is 7. The van der Waals surface area contributed by atoms with Gasteiger partial charge in [0, 0.05) is 20.1 Å². The summed E-state index contributed by atoms with van der Waals surface area (Å²) in [7, 11) is 1.76. The maximum atomic E-state index is 13.3.